The molecule has 1 heterocycles. The molecule has 17 heteroatoms. The second-order valence-electron chi connectivity index (χ2n) is 11.1. The van der Waals surface area contributed by atoms with Crippen LogP contribution in [0.15, 0.2) is 52.4 Å². The second-order valence-corrected chi connectivity index (χ2v) is 13.1. The molecule has 1 aliphatic rings. The lowest BCUT2D eigenvalue weighted by atomic mass is 10.1. The van der Waals surface area contributed by atoms with Gasteiger partial charge in [-0.2, -0.15) is 17.5 Å². The third-order valence-corrected chi connectivity index (χ3v) is 8.36. The van der Waals surface area contributed by atoms with Gasteiger partial charge in [-0.15, -0.1) is 0 Å². The van der Waals surface area contributed by atoms with Gasteiger partial charge in [-0.1, -0.05) is 24.3 Å². The van der Waals surface area contributed by atoms with Crippen molar-refractivity contribution < 1.29 is 45.6 Å². The number of nitro benzene ring substituents is 1. The van der Waals surface area contributed by atoms with Crippen molar-refractivity contribution in [1.29, 1.82) is 0 Å². The second kappa shape index (κ2) is 13.9. The molecular formula is C28H34F3N5O8S. The van der Waals surface area contributed by atoms with Crippen molar-refractivity contribution in [3.8, 4) is 0 Å². The quantitative estimate of drug-likeness (QED) is 0.200. The van der Waals surface area contributed by atoms with Gasteiger partial charge in [-0.25, -0.2) is 13.2 Å². The zero-order valence-corrected chi connectivity index (χ0v) is 26.1. The minimum Gasteiger partial charge on any atom is -0.443 e. The number of carbonyl (C=O) groups is 2. The molecule has 246 valence electrons. The molecule has 2 amide bonds. The van der Waals surface area contributed by atoms with Gasteiger partial charge in [0.2, 0.25) is 15.9 Å². The first-order valence-corrected chi connectivity index (χ1v) is 15.0. The Kier molecular flexibility index (Phi) is 10.9. The number of carbonyl (C=O) groups excluding carboxylic acids is 2. The van der Waals surface area contributed by atoms with Crippen molar-refractivity contribution in [1.82, 2.24) is 14.1 Å². The number of alkyl halides is 3. The van der Waals surface area contributed by atoms with Crippen molar-refractivity contribution in [2.24, 2.45) is 4.99 Å². The SMILES string of the molecule is CN(Cc1ccc(C2=NCCN2C(=O)OC(C)(C)C)cc1)C(=O)COCCN(C)S(=O)(=O)c1ccc(C(F)(F)F)cc1[N+](=O)[O-]. The van der Waals surface area contributed by atoms with Crippen molar-refractivity contribution in [3.63, 3.8) is 0 Å². The Labute approximate surface area is 258 Å². The summed E-state index contributed by atoms with van der Waals surface area (Å²) in [6, 6.07) is 8.29. The Morgan fingerprint density at radius 1 is 1.09 bits per heavy atom. The van der Waals surface area contributed by atoms with Crippen LogP contribution in [0.1, 0.15) is 37.5 Å². The monoisotopic (exact) mass is 657 g/mol. The van der Waals surface area contributed by atoms with Gasteiger partial charge >= 0.3 is 12.3 Å². The van der Waals surface area contributed by atoms with Crippen LogP contribution >= 0.6 is 0 Å². The van der Waals surface area contributed by atoms with Gasteiger partial charge in [0, 0.05) is 38.8 Å². The topological polar surface area (TPSA) is 152 Å². The number of amidine groups is 1. The Hall–Kier alpha value is -4.09. The van der Waals surface area contributed by atoms with Gasteiger partial charge < -0.3 is 14.4 Å². The number of hydrogen-bond acceptors (Lipinski definition) is 9. The number of halogens is 3. The summed E-state index contributed by atoms with van der Waals surface area (Å²) in [5, 5.41) is 11.3. The summed E-state index contributed by atoms with van der Waals surface area (Å²) < 4.78 is 76.1. The highest BCUT2D eigenvalue weighted by atomic mass is 32.2. The van der Waals surface area contributed by atoms with Crippen LogP contribution in [0.2, 0.25) is 0 Å². The van der Waals surface area contributed by atoms with E-state index in [2.05, 4.69) is 4.99 Å². The maximum Gasteiger partial charge on any atom is 0.416 e. The first-order chi connectivity index (χ1) is 20.8. The van der Waals surface area contributed by atoms with Crippen LogP contribution in [0.25, 0.3) is 0 Å². The van der Waals surface area contributed by atoms with E-state index in [0.29, 0.717) is 40.9 Å². The number of likely N-dealkylation sites (N-methyl/N-ethyl adjacent to an activating group) is 2. The molecule has 45 heavy (non-hydrogen) atoms. The number of hydrogen-bond donors (Lipinski definition) is 0. The normalized spacial score (nSPS) is 14.0. The summed E-state index contributed by atoms with van der Waals surface area (Å²) >= 11 is 0. The largest absolute Gasteiger partial charge is 0.443 e. The third kappa shape index (κ3) is 9.21. The predicted molar refractivity (Wildman–Crippen MR) is 156 cm³/mol. The van der Waals surface area contributed by atoms with Crippen LogP contribution in [0.5, 0.6) is 0 Å². The molecule has 0 aliphatic carbocycles. The van der Waals surface area contributed by atoms with Gasteiger partial charge in [0.25, 0.3) is 5.69 Å². The maximum atomic E-state index is 13.0. The lowest BCUT2D eigenvalue weighted by Crippen LogP contribution is -2.39. The molecule has 0 unspecified atom stereocenters. The van der Waals surface area contributed by atoms with Crippen LogP contribution in [-0.4, -0.2) is 97.8 Å². The summed E-state index contributed by atoms with van der Waals surface area (Å²) in [5.41, 5.74) is -1.73. The smallest absolute Gasteiger partial charge is 0.416 e. The molecule has 0 aromatic heterocycles. The molecule has 0 saturated heterocycles. The number of ether oxygens (including phenoxy) is 2. The molecule has 2 aromatic carbocycles. The number of nitrogens with zero attached hydrogens (tertiary/aromatic N) is 5. The predicted octanol–water partition coefficient (Wildman–Crippen LogP) is 3.91. The Morgan fingerprint density at radius 3 is 2.31 bits per heavy atom. The van der Waals surface area contributed by atoms with Gasteiger partial charge in [0.15, 0.2) is 4.90 Å². The van der Waals surface area contributed by atoms with E-state index in [9.17, 15) is 41.3 Å². The van der Waals surface area contributed by atoms with E-state index in [4.69, 9.17) is 9.47 Å². The minimum absolute atomic E-state index is 0.168. The standard InChI is InChI=1S/C28H34F3N5O8S/c1-27(2,3)44-26(38)35-13-12-32-25(35)20-8-6-19(7-9-20)17-33(4)24(37)18-43-15-14-34(5)45(41,42)23-11-10-21(28(29,30)31)16-22(23)36(39)40/h6-11,16H,12-15,17-18H2,1-5H3. The first-order valence-electron chi connectivity index (χ1n) is 13.6. The molecule has 0 atom stereocenters. The molecule has 13 nitrogen and oxygen atoms in total. The van der Waals surface area contributed by atoms with Gasteiger partial charge in [-0.05, 0) is 38.5 Å². The lowest BCUT2D eigenvalue weighted by Gasteiger charge is -2.25. The lowest BCUT2D eigenvalue weighted by molar-refractivity contribution is -0.388. The number of aliphatic imine (C=N–C) groups is 1. The highest BCUT2D eigenvalue weighted by molar-refractivity contribution is 7.89. The van der Waals surface area contributed by atoms with E-state index < -0.39 is 61.5 Å². The van der Waals surface area contributed by atoms with Gasteiger partial charge in [0.1, 0.15) is 18.0 Å². The summed E-state index contributed by atoms with van der Waals surface area (Å²) in [5.74, 6) is 0.0766. The number of sulfonamides is 1. The maximum absolute atomic E-state index is 13.0. The summed E-state index contributed by atoms with van der Waals surface area (Å²) in [6.45, 7) is 5.41. The molecule has 0 radical (unpaired) electrons. The average Bonchev–Trinajstić information content (AvgIpc) is 3.44. The van der Waals surface area contributed by atoms with E-state index in [0.717, 1.165) is 12.6 Å². The zero-order chi connectivity index (χ0) is 33.7. The molecule has 3 rings (SSSR count). The molecule has 1 aliphatic heterocycles. The van der Waals surface area contributed by atoms with Crippen molar-refractivity contribution >= 4 is 33.5 Å². The van der Waals surface area contributed by atoms with Gasteiger partial charge in [0.05, 0.1) is 30.2 Å². The highest BCUT2D eigenvalue weighted by Gasteiger charge is 2.36. The van der Waals surface area contributed by atoms with E-state index in [1.165, 1.54) is 9.80 Å². The number of benzene rings is 2. The van der Waals surface area contributed by atoms with Crippen molar-refractivity contribution in [2.75, 3.05) is 46.9 Å². The third-order valence-electron chi connectivity index (χ3n) is 6.46. The van der Waals surface area contributed by atoms with Crippen LogP contribution < -0.4 is 0 Å². The summed E-state index contributed by atoms with van der Waals surface area (Å²) in [4.78, 5) is 41.6. The van der Waals surface area contributed by atoms with Gasteiger partial charge in [-0.3, -0.25) is 24.8 Å². The average molecular weight is 658 g/mol. The number of amides is 2. The highest BCUT2D eigenvalue weighted by Crippen LogP contribution is 2.35. The minimum atomic E-state index is -4.90. The fourth-order valence-electron chi connectivity index (χ4n) is 4.12. The van der Waals surface area contributed by atoms with Crippen molar-refractivity contribution in [3.05, 3.63) is 69.3 Å². The first kappa shape index (κ1) is 35.4. The number of nitro groups is 1. The summed E-state index contributed by atoms with van der Waals surface area (Å²) in [6.07, 6.45) is -5.39. The van der Waals surface area contributed by atoms with E-state index in [1.54, 1.807) is 52.1 Å². The molecular weight excluding hydrogens is 623 g/mol. The molecule has 0 spiro atoms. The Balaban J connectivity index is 1.52. The van der Waals surface area contributed by atoms with E-state index >= 15 is 0 Å². The Morgan fingerprint density at radius 2 is 1.73 bits per heavy atom. The Bertz CT molecular complexity index is 1560. The molecule has 2 aromatic rings. The summed E-state index contributed by atoms with van der Waals surface area (Å²) in [7, 11) is -1.92. The van der Waals surface area contributed by atoms with Crippen LogP contribution in [0.3, 0.4) is 0 Å². The van der Waals surface area contributed by atoms with E-state index in [1.807, 2.05) is 0 Å². The van der Waals surface area contributed by atoms with Crippen LogP contribution in [0.4, 0.5) is 23.7 Å². The van der Waals surface area contributed by atoms with E-state index in [-0.39, 0.29) is 25.8 Å². The zero-order valence-electron chi connectivity index (χ0n) is 25.3. The molecule has 0 fully saturated rings. The fourth-order valence-corrected chi connectivity index (χ4v) is 5.40. The number of rotatable bonds is 11. The molecule has 0 N–H and O–H groups in total. The molecule has 0 saturated carbocycles. The fraction of sp³-hybridized carbons (Fsp3) is 0.464. The molecule has 0 bridgehead atoms. The van der Waals surface area contributed by atoms with Crippen LogP contribution in [-0.2, 0) is 37.0 Å². The van der Waals surface area contributed by atoms with Crippen LogP contribution in [0, 0.1) is 10.1 Å². The van der Waals surface area contributed by atoms with Crippen molar-refractivity contribution in [2.45, 2.75) is 44.0 Å².